The number of hydrogen-bond donors (Lipinski definition) is 4. The van der Waals surface area contributed by atoms with E-state index in [4.69, 9.17) is 9.84 Å². The number of carbonyl (C=O) groups is 3. The minimum Gasteiger partial charge on any atom is -0.507 e. The van der Waals surface area contributed by atoms with Gasteiger partial charge < -0.3 is 25.2 Å². The Bertz CT molecular complexity index is 756. The molecule has 1 aliphatic heterocycles. The molecular formula is C16H16O8. The molecule has 0 aromatic heterocycles. The SMILES string of the molecule is C[C@@H]1O[C@H](CC(=O)O)C[C@]2(O)C(=O)c3cccc(O)c3C(=O)[C@@]12O. The van der Waals surface area contributed by atoms with Crippen molar-refractivity contribution in [2.24, 2.45) is 0 Å². The van der Waals surface area contributed by atoms with E-state index in [2.05, 4.69) is 0 Å². The number of rotatable bonds is 2. The third-order valence-electron chi connectivity index (χ3n) is 4.78. The van der Waals surface area contributed by atoms with Gasteiger partial charge in [0.15, 0.2) is 17.0 Å². The van der Waals surface area contributed by atoms with Gasteiger partial charge in [-0.3, -0.25) is 14.4 Å². The van der Waals surface area contributed by atoms with Gasteiger partial charge in [-0.2, -0.15) is 0 Å². The highest BCUT2D eigenvalue weighted by Crippen LogP contribution is 2.47. The molecule has 0 saturated carbocycles. The number of fused-ring (bicyclic) bond motifs is 2. The zero-order chi connectivity index (χ0) is 17.9. The summed E-state index contributed by atoms with van der Waals surface area (Å²) in [6.07, 6.45) is -3.42. The Balaban J connectivity index is 2.18. The van der Waals surface area contributed by atoms with Crippen LogP contribution in [0, 0.1) is 0 Å². The molecule has 2 aliphatic rings. The summed E-state index contributed by atoms with van der Waals surface area (Å²) < 4.78 is 5.36. The predicted molar refractivity (Wildman–Crippen MR) is 77.9 cm³/mol. The molecule has 24 heavy (non-hydrogen) atoms. The first kappa shape index (κ1) is 16.6. The van der Waals surface area contributed by atoms with Crippen molar-refractivity contribution >= 4 is 17.5 Å². The van der Waals surface area contributed by atoms with E-state index in [1.165, 1.54) is 25.1 Å². The normalized spacial score (nSPS) is 35.3. The number of Topliss-reactive ketones (excluding diaryl/α,β-unsaturated/α-hetero) is 2. The Labute approximate surface area is 136 Å². The molecule has 1 aliphatic carbocycles. The molecule has 0 amide bonds. The van der Waals surface area contributed by atoms with Crippen LogP contribution in [0.15, 0.2) is 18.2 Å². The van der Waals surface area contributed by atoms with Gasteiger partial charge in [0.25, 0.3) is 0 Å². The van der Waals surface area contributed by atoms with Gasteiger partial charge in [0.1, 0.15) is 5.75 Å². The molecule has 1 heterocycles. The van der Waals surface area contributed by atoms with Crippen LogP contribution in [0.25, 0.3) is 0 Å². The van der Waals surface area contributed by atoms with Crippen LogP contribution in [0.1, 0.15) is 40.5 Å². The molecule has 0 spiro atoms. The van der Waals surface area contributed by atoms with E-state index >= 15 is 0 Å². The predicted octanol–water partition coefficient (Wildman–Crippen LogP) is -0.114. The second-order valence-electron chi connectivity index (χ2n) is 6.19. The van der Waals surface area contributed by atoms with Crippen LogP contribution in [0.5, 0.6) is 5.75 Å². The van der Waals surface area contributed by atoms with Gasteiger partial charge in [-0.1, -0.05) is 12.1 Å². The highest BCUT2D eigenvalue weighted by Gasteiger charge is 2.69. The summed E-state index contributed by atoms with van der Waals surface area (Å²) in [5, 5.41) is 40.6. The molecule has 4 atom stereocenters. The van der Waals surface area contributed by atoms with Gasteiger partial charge in [-0.05, 0) is 13.0 Å². The first-order valence-electron chi connectivity index (χ1n) is 7.36. The maximum atomic E-state index is 12.8. The van der Waals surface area contributed by atoms with Crippen LogP contribution in [0.3, 0.4) is 0 Å². The lowest BCUT2D eigenvalue weighted by Gasteiger charge is -2.52. The van der Waals surface area contributed by atoms with E-state index < -0.39 is 59.5 Å². The molecule has 1 saturated heterocycles. The van der Waals surface area contributed by atoms with Gasteiger partial charge in [0, 0.05) is 12.0 Å². The van der Waals surface area contributed by atoms with Crippen LogP contribution in [0.4, 0.5) is 0 Å². The number of aliphatic hydroxyl groups is 2. The Morgan fingerprint density at radius 2 is 1.96 bits per heavy atom. The molecule has 0 radical (unpaired) electrons. The van der Waals surface area contributed by atoms with Crippen molar-refractivity contribution in [2.75, 3.05) is 0 Å². The van der Waals surface area contributed by atoms with Gasteiger partial charge >= 0.3 is 5.97 Å². The lowest BCUT2D eigenvalue weighted by Crippen LogP contribution is -2.75. The van der Waals surface area contributed by atoms with Crippen molar-refractivity contribution in [3.05, 3.63) is 29.3 Å². The average molecular weight is 336 g/mol. The summed E-state index contributed by atoms with van der Waals surface area (Å²) in [6.45, 7) is 1.27. The average Bonchev–Trinajstić information content (AvgIpc) is 2.49. The van der Waals surface area contributed by atoms with Crippen molar-refractivity contribution in [3.63, 3.8) is 0 Å². The van der Waals surface area contributed by atoms with Crippen molar-refractivity contribution < 1.29 is 39.5 Å². The first-order valence-corrected chi connectivity index (χ1v) is 7.36. The zero-order valence-electron chi connectivity index (χ0n) is 12.7. The Kier molecular flexibility index (Phi) is 3.52. The number of benzene rings is 1. The lowest BCUT2D eigenvalue weighted by atomic mass is 9.61. The number of carboxylic acid groups (broad SMARTS) is 1. The molecule has 3 rings (SSSR count). The number of carbonyl (C=O) groups excluding carboxylic acids is 2. The summed E-state index contributed by atoms with van der Waals surface area (Å²) in [7, 11) is 0. The van der Waals surface area contributed by atoms with Gasteiger partial charge in [0.05, 0.1) is 24.2 Å². The standard InChI is InChI=1S/C16H16O8/c1-7-16(23)14(21)12-9(3-2-4-10(12)17)13(20)15(16,22)6-8(24-7)5-11(18)19/h2-4,7-8,17,22-23H,5-6H2,1H3,(H,18,19)/t7-,8+,15-,16-/m0/s1. The summed E-state index contributed by atoms with van der Waals surface area (Å²) in [4.78, 5) is 36.4. The minimum absolute atomic E-state index is 0.213. The smallest absolute Gasteiger partial charge is 0.305 e. The van der Waals surface area contributed by atoms with E-state index in [9.17, 15) is 29.7 Å². The van der Waals surface area contributed by atoms with Crippen LogP contribution >= 0.6 is 0 Å². The largest absolute Gasteiger partial charge is 0.507 e. The molecule has 1 aromatic rings. The molecule has 8 heteroatoms. The fourth-order valence-corrected chi connectivity index (χ4v) is 3.59. The number of carboxylic acids is 1. The molecule has 1 fully saturated rings. The van der Waals surface area contributed by atoms with Crippen LogP contribution in [-0.4, -0.2) is 61.4 Å². The first-order chi connectivity index (χ1) is 11.1. The molecule has 0 unspecified atom stereocenters. The Hall–Kier alpha value is -2.29. The second kappa shape index (κ2) is 5.10. The zero-order valence-corrected chi connectivity index (χ0v) is 12.7. The minimum atomic E-state index is -2.61. The van der Waals surface area contributed by atoms with Crippen molar-refractivity contribution in [1.29, 1.82) is 0 Å². The highest BCUT2D eigenvalue weighted by atomic mass is 16.5. The lowest BCUT2D eigenvalue weighted by molar-refractivity contribution is -0.228. The molecule has 4 N–H and O–H groups in total. The van der Waals surface area contributed by atoms with E-state index in [-0.39, 0.29) is 11.1 Å². The van der Waals surface area contributed by atoms with E-state index in [0.29, 0.717) is 0 Å². The molecular weight excluding hydrogens is 320 g/mol. The number of aromatic hydroxyl groups is 1. The van der Waals surface area contributed by atoms with E-state index in [1.807, 2.05) is 0 Å². The summed E-state index contributed by atoms with van der Waals surface area (Å²) in [6, 6.07) is 3.79. The number of ether oxygens (including phenoxy) is 1. The number of aliphatic carboxylic acids is 1. The topological polar surface area (TPSA) is 141 Å². The van der Waals surface area contributed by atoms with E-state index in [0.717, 1.165) is 0 Å². The van der Waals surface area contributed by atoms with Crippen molar-refractivity contribution in [1.82, 2.24) is 0 Å². The third kappa shape index (κ3) is 1.94. The molecule has 0 bridgehead atoms. The summed E-state index contributed by atoms with van der Waals surface area (Å²) in [5.41, 5.74) is -5.72. The van der Waals surface area contributed by atoms with Crippen LogP contribution in [0.2, 0.25) is 0 Å². The number of phenols is 1. The van der Waals surface area contributed by atoms with E-state index in [1.54, 1.807) is 0 Å². The van der Waals surface area contributed by atoms with Gasteiger partial charge in [0.2, 0.25) is 5.78 Å². The Morgan fingerprint density at radius 3 is 2.58 bits per heavy atom. The Morgan fingerprint density at radius 1 is 1.29 bits per heavy atom. The van der Waals surface area contributed by atoms with Crippen molar-refractivity contribution in [3.8, 4) is 5.75 Å². The van der Waals surface area contributed by atoms with Crippen molar-refractivity contribution in [2.45, 2.75) is 43.2 Å². The van der Waals surface area contributed by atoms with Crippen LogP contribution in [-0.2, 0) is 9.53 Å². The maximum Gasteiger partial charge on any atom is 0.305 e. The fourth-order valence-electron chi connectivity index (χ4n) is 3.59. The summed E-state index contributed by atoms with van der Waals surface area (Å²) in [5.74, 6) is -3.66. The second-order valence-corrected chi connectivity index (χ2v) is 6.19. The van der Waals surface area contributed by atoms with Crippen LogP contribution < -0.4 is 0 Å². The molecule has 1 aromatic carbocycles. The maximum absolute atomic E-state index is 12.8. The molecule has 8 nitrogen and oxygen atoms in total. The summed E-state index contributed by atoms with van der Waals surface area (Å²) >= 11 is 0. The highest BCUT2D eigenvalue weighted by molar-refractivity contribution is 6.23. The quantitative estimate of drug-likeness (QED) is 0.586. The third-order valence-corrected chi connectivity index (χ3v) is 4.78. The van der Waals surface area contributed by atoms with Gasteiger partial charge in [-0.15, -0.1) is 0 Å². The fraction of sp³-hybridized carbons (Fsp3) is 0.438. The monoisotopic (exact) mass is 336 g/mol. The number of ketones is 2. The number of hydrogen-bond acceptors (Lipinski definition) is 7. The van der Waals surface area contributed by atoms with Gasteiger partial charge in [-0.25, -0.2) is 0 Å². The number of phenolic OH excluding ortho intramolecular Hbond substituents is 1. The molecule has 128 valence electrons.